The van der Waals surface area contributed by atoms with Crippen LogP contribution in [0.3, 0.4) is 0 Å². The van der Waals surface area contributed by atoms with Gasteiger partial charge >= 0.3 is 6.18 Å². The number of pyridine rings is 1. The highest BCUT2D eigenvalue weighted by Gasteiger charge is 2.33. The van der Waals surface area contributed by atoms with Crippen molar-refractivity contribution in [3.8, 4) is 0 Å². The normalized spacial score (nSPS) is 16.3. The number of aromatic nitrogens is 4. The smallest absolute Gasteiger partial charge is 0.363 e. The molecule has 4 heterocycles. The van der Waals surface area contributed by atoms with Gasteiger partial charge < -0.3 is 15.1 Å². The van der Waals surface area contributed by atoms with E-state index >= 15 is 0 Å². The summed E-state index contributed by atoms with van der Waals surface area (Å²) in [4.78, 5) is 18.4. The number of likely N-dealkylation sites (N-methyl/N-ethyl adjacent to an activating group) is 1. The fourth-order valence-electron chi connectivity index (χ4n) is 4.80. The SMILES string of the molecule is Cc1c(C(C)Nc2nc3ncc(C)n3c3cnc(N4CCN(C)CC4)cc23)cccc1C(F)(F)F. The Bertz CT molecular complexity index is 1390. The summed E-state index contributed by atoms with van der Waals surface area (Å²) in [5, 5.41) is 4.22. The lowest BCUT2D eigenvalue weighted by atomic mass is 9.97. The Hall–Kier alpha value is -3.40. The maximum Gasteiger partial charge on any atom is 0.416 e. The van der Waals surface area contributed by atoms with E-state index in [0.29, 0.717) is 17.2 Å². The predicted molar refractivity (Wildman–Crippen MR) is 131 cm³/mol. The monoisotopic (exact) mass is 483 g/mol. The van der Waals surface area contributed by atoms with E-state index in [4.69, 9.17) is 9.97 Å². The summed E-state index contributed by atoms with van der Waals surface area (Å²) in [6.07, 6.45) is -0.821. The number of hydrogen-bond donors (Lipinski definition) is 1. The van der Waals surface area contributed by atoms with Crippen LogP contribution in [-0.2, 0) is 6.18 Å². The lowest BCUT2D eigenvalue weighted by Crippen LogP contribution is -2.44. The Morgan fingerprint density at radius 1 is 1.03 bits per heavy atom. The second-order valence-electron chi connectivity index (χ2n) is 9.23. The Balaban J connectivity index is 1.59. The topological polar surface area (TPSA) is 61.6 Å². The summed E-state index contributed by atoms with van der Waals surface area (Å²) in [5.41, 5.74) is 1.94. The van der Waals surface area contributed by atoms with Crippen molar-refractivity contribution < 1.29 is 13.2 Å². The second kappa shape index (κ2) is 8.67. The van der Waals surface area contributed by atoms with E-state index in [1.165, 1.54) is 13.0 Å². The first-order valence-corrected chi connectivity index (χ1v) is 11.6. The van der Waals surface area contributed by atoms with Gasteiger partial charge in [-0.15, -0.1) is 0 Å². The van der Waals surface area contributed by atoms with Crippen LogP contribution in [0.2, 0.25) is 0 Å². The van der Waals surface area contributed by atoms with Gasteiger partial charge in [0, 0.05) is 37.3 Å². The van der Waals surface area contributed by atoms with E-state index in [1.54, 1.807) is 12.3 Å². The predicted octanol–water partition coefficient (Wildman–Crippen LogP) is 4.84. The van der Waals surface area contributed by atoms with E-state index in [-0.39, 0.29) is 5.56 Å². The molecular weight excluding hydrogens is 455 g/mol. The molecule has 3 aromatic heterocycles. The van der Waals surface area contributed by atoms with Gasteiger partial charge in [-0.1, -0.05) is 12.1 Å². The fourth-order valence-corrected chi connectivity index (χ4v) is 4.80. The van der Waals surface area contributed by atoms with Crippen LogP contribution in [0.5, 0.6) is 0 Å². The van der Waals surface area contributed by atoms with Gasteiger partial charge in [0.25, 0.3) is 0 Å². The summed E-state index contributed by atoms with van der Waals surface area (Å²) >= 11 is 0. The molecule has 0 saturated carbocycles. The minimum absolute atomic E-state index is 0.210. The largest absolute Gasteiger partial charge is 0.416 e. The van der Waals surface area contributed by atoms with Crippen LogP contribution in [0.1, 0.15) is 35.3 Å². The molecule has 0 aliphatic carbocycles. The number of hydrogen-bond acceptors (Lipinski definition) is 6. The Morgan fingerprint density at radius 3 is 2.49 bits per heavy atom. The number of anilines is 2. The van der Waals surface area contributed by atoms with Crippen LogP contribution in [-0.4, -0.2) is 57.5 Å². The maximum atomic E-state index is 13.5. The highest BCUT2D eigenvalue weighted by molar-refractivity contribution is 5.92. The average Bonchev–Trinajstić information content (AvgIpc) is 3.19. The molecule has 1 fully saturated rings. The third-order valence-corrected chi connectivity index (χ3v) is 6.82. The Labute approximate surface area is 201 Å². The highest BCUT2D eigenvalue weighted by Crippen LogP contribution is 2.36. The van der Waals surface area contributed by atoms with Gasteiger partial charge in [0.15, 0.2) is 0 Å². The van der Waals surface area contributed by atoms with Crippen LogP contribution in [0, 0.1) is 13.8 Å². The molecule has 0 amide bonds. The molecule has 1 aliphatic heterocycles. The number of rotatable bonds is 4. The number of benzene rings is 1. The van der Waals surface area contributed by atoms with Crippen molar-refractivity contribution in [3.63, 3.8) is 0 Å². The van der Waals surface area contributed by atoms with Gasteiger partial charge in [-0.3, -0.25) is 4.40 Å². The third kappa shape index (κ3) is 4.27. The van der Waals surface area contributed by atoms with Crippen LogP contribution < -0.4 is 10.2 Å². The summed E-state index contributed by atoms with van der Waals surface area (Å²) in [5.74, 6) is 1.94. The number of fused-ring (bicyclic) bond motifs is 3. The van der Waals surface area contributed by atoms with Crippen molar-refractivity contribution in [2.45, 2.75) is 33.0 Å². The van der Waals surface area contributed by atoms with E-state index < -0.39 is 17.8 Å². The van der Waals surface area contributed by atoms with Crippen molar-refractivity contribution >= 4 is 28.3 Å². The van der Waals surface area contributed by atoms with E-state index in [2.05, 4.69) is 27.1 Å². The molecule has 184 valence electrons. The van der Waals surface area contributed by atoms with Gasteiger partial charge in [0.2, 0.25) is 5.78 Å². The number of alkyl halides is 3. The molecule has 1 atom stereocenters. The molecular formula is C25H28F3N7. The van der Waals surface area contributed by atoms with Crippen molar-refractivity contribution in [2.75, 3.05) is 43.4 Å². The van der Waals surface area contributed by atoms with Crippen LogP contribution in [0.25, 0.3) is 16.7 Å². The number of aryl methyl sites for hydroxylation is 1. The number of nitrogens with zero attached hydrogens (tertiary/aromatic N) is 6. The standard InChI is InChI=1S/C25H28F3N7/c1-15-13-30-24-32-23(31-17(3)18-6-5-7-20(16(18)2)25(26,27)28)19-12-22(29-14-21(19)35(15)24)34-10-8-33(4)9-11-34/h5-7,12-14,17H,8-11H2,1-4H3,(H,30,31,32). The molecule has 0 spiro atoms. The highest BCUT2D eigenvalue weighted by atomic mass is 19.4. The molecule has 7 nitrogen and oxygen atoms in total. The van der Waals surface area contributed by atoms with Crippen molar-refractivity contribution in [2.24, 2.45) is 0 Å². The number of imidazole rings is 1. The average molecular weight is 484 g/mol. The molecule has 1 saturated heterocycles. The molecule has 35 heavy (non-hydrogen) atoms. The van der Waals surface area contributed by atoms with Crippen LogP contribution in [0.4, 0.5) is 24.8 Å². The Kier molecular flexibility index (Phi) is 5.79. The zero-order valence-electron chi connectivity index (χ0n) is 20.2. The molecule has 1 unspecified atom stereocenters. The molecule has 0 bridgehead atoms. The molecule has 10 heteroatoms. The third-order valence-electron chi connectivity index (χ3n) is 6.82. The molecule has 1 aliphatic rings. The second-order valence-corrected chi connectivity index (χ2v) is 9.23. The van der Waals surface area contributed by atoms with Crippen LogP contribution >= 0.6 is 0 Å². The van der Waals surface area contributed by atoms with Gasteiger partial charge in [0.1, 0.15) is 11.6 Å². The van der Waals surface area contributed by atoms with E-state index in [1.807, 2.05) is 30.5 Å². The number of halogens is 3. The summed E-state index contributed by atoms with van der Waals surface area (Å²) in [6.45, 7) is 8.97. The summed E-state index contributed by atoms with van der Waals surface area (Å²) in [7, 11) is 2.10. The zero-order chi connectivity index (χ0) is 24.9. The van der Waals surface area contributed by atoms with Gasteiger partial charge in [-0.05, 0) is 51.1 Å². The summed E-state index contributed by atoms with van der Waals surface area (Å²) in [6, 6.07) is 5.89. The maximum absolute atomic E-state index is 13.5. The zero-order valence-corrected chi connectivity index (χ0v) is 20.2. The minimum atomic E-state index is -4.40. The first-order valence-electron chi connectivity index (χ1n) is 11.6. The lowest BCUT2D eigenvalue weighted by Gasteiger charge is -2.33. The van der Waals surface area contributed by atoms with Gasteiger partial charge in [-0.2, -0.15) is 18.2 Å². The molecule has 1 N–H and O–H groups in total. The lowest BCUT2D eigenvalue weighted by molar-refractivity contribution is -0.138. The van der Waals surface area contributed by atoms with Gasteiger partial charge in [0.05, 0.1) is 29.5 Å². The van der Waals surface area contributed by atoms with Crippen LogP contribution in [0.15, 0.2) is 36.7 Å². The quantitative estimate of drug-likeness (QED) is 0.448. The van der Waals surface area contributed by atoms with E-state index in [9.17, 15) is 13.2 Å². The van der Waals surface area contributed by atoms with Crippen molar-refractivity contribution in [1.82, 2.24) is 24.3 Å². The van der Waals surface area contributed by atoms with Gasteiger partial charge in [-0.25, -0.2) is 9.97 Å². The van der Waals surface area contributed by atoms with Crippen molar-refractivity contribution in [3.05, 3.63) is 59.0 Å². The molecule has 5 rings (SSSR count). The fraction of sp³-hybridized carbons (Fsp3) is 0.400. The first kappa shape index (κ1) is 23.3. The molecule has 0 radical (unpaired) electrons. The number of nitrogens with one attached hydrogen (secondary N) is 1. The Morgan fingerprint density at radius 2 is 1.77 bits per heavy atom. The summed E-state index contributed by atoms with van der Waals surface area (Å²) < 4.78 is 42.4. The number of piperazine rings is 1. The molecule has 1 aromatic carbocycles. The van der Waals surface area contributed by atoms with E-state index in [0.717, 1.165) is 54.7 Å². The van der Waals surface area contributed by atoms with Crippen molar-refractivity contribution in [1.29, 1.82) is 0 Å². The minimum Gasteiger partial charge on any atom is -0.363 e. The molecule has 4 aromatic rings. The first-order chi connectivity index (χ1) is 16.6.